The number of furan rings is 1. The lowest BCUT2D eigenvalue weighted by Gasteiger charge is -2.25. The number of rotatable bonds is 5. The summed E-state index contributed by atoms with van der Waals surface area (Å²) in [5.41, 5.74) is 0.985. The monoisotopic (exact) mass is 361 g/mol. The number of piperidine rings is 1. The minimum absolute atomic E-state index is 0.0916. The first-order chi connectivity index (χ1) is 10.7. The Balaban J connectivity index is 1.60. The van der Waals surface area contributed by atoms with E-state index in [2.05, 4.69) is 20.8 Å². The zero-order chi connectivity index (χ0) is 15.4. The summed E-state index contributed by atoms with van der Waals surface area (Å²) in [5.74, 6) is 1.30. The molecule has 0 saturated carbocycles. The molecule has 2 heterocycles. The van der Waals surface area contributed by atoms with Gasteiger partial charge in [0.25, 0.3) is 0 Å². The van der Waals surface area contributed by atoms with Crippen molar-refractivity contribution in [2.45, 2.75) is 25.7 Å². The summed E-state index contributed by atoms with van der Waals surface area (Å²) in [7, 11) is 0. The molecule has 0 radical (unpaired) electrons. The van der Waals surface area contributed by atoms with E-state index >= 15 is 0 Å². The molecule has 2 aromatic rings. The van der Waals surface area contributed by atoms with E-state index in [-0.39, 0.29) is 5.78 Å². The van der Waals surface area contributed by atoms with Crippen molar-refractivity contribution >= 4 is 21.7 Å². The predicted molar refractivity (Wildman–Crippen MR) is 91.1 cm³/mol. The third-order valence-electron chi connectivity index (χ3n) is 4.11. The molecular weight excluding hydrogens is 342 g/mol. The molecule has 22 heavy (non-hydrogen) atoms. The Morgan fingerprint density at radius 3 is 2.50 bits per heavy atom. The quantitative estimate of drug-likeness (QED) is 0.719. The topological polar surface area (TPSA) is 33.5 Å². The summed E-state index contributed by atoms with van der Waals surface area (Å²) in [6.45, 7) is 3.08. The van der Waals surface area contributed by atoms with Crippen LogP contribution in [0, 0.1) is 0 Å². The Labute approximate surface area is 139 Å². The number of nitrogens with zero attached hydrogens (tertiary/aromatic N) is 1. The molecule has 0 N–H and O–H groups in total. The molecule has 0 bridgehead atoms. The van der Waals surface area contributed by atoms with Crippen LogP contribution in [0.1, 0.15) is 36.2 Å². The number of hydrogen-bond donors (Lipinski definition) is 0. The van der Waals surface area contributed by atoms with Gasteiger partial charge in [0.1, 0.15) is 5.76 Å². The third kappa shape index (κ3) is 3.87. The van der Waals surface area contributed by atoms with Gasteiger partial charge in [0.15, 0.2) is 11.5 Å². The number of benzene rings is 1. The highest BCUT2D eigenvalue weighted by Gasteiger charge is 2.15. The number of halogens is 1. The fourth-order valence-corrected chi connectivity index (χ4v) is 3.09. The van der Waals surface area contributed by atoms with E-state index < -0.39 is 0 Å². The first-order valence-electron chi connectivity index (χ1n) is 7.84. The molecule has 0 unspecified atom stereocenters. The molecule has 3 rings (SSSR count). The third-order valence-corrected chi connectivity index (χ3v) is 4.64. The van der Waals surface area contributed by atoms with Crippen molar-refractivity contribution in [3.8, 4) is 11.3 Å². The second kappa shape index (κ2) is 7.25. The Morgan fingerprint density at radius 2 is 1.77 bits per heavy atom. The Bertz CT molecular complexity index is 627. The minimum Gasteiger partial charge on any atom is -0.453 e. The van der Waals surface area contributed by atoms with E-state index in [0.29, 0.717) is 12.2 Å². The molecule has 1 aliphatic rings. The van der Waals surface area contributed by atoms with E-state index in [1.54, 1.807) is 6.07 Å². The summed E-state index contributed by atoms with van der Waals surface area (Å²) in [5, 5.41) is 0. The lowest BCUT2D eigenvalue weighted by Crippen LogP contribution is -2.31. The maximum Gasteiger partial charge on any atom is 0.199 e. The molecule has 1 aliphatic heterocycles. The highest BCUT2D eigenvalue weighted by molar-refractivity contribution is 9.10. The van der Waals surface area contributed by atoms with Crippen molar-refractivity contribution in [1.29, 1.82) is 0 Å². The molecule has 0 amide bonds. The predicted octanol–water partition coefficient (Wildman–Crippen LogP) is 4.77. The highest BCUT2D eigenvalue weighted by Crippen LogP contribution is 2.24. The summed E-state index contributed by atoms with van der Waals surface area (Å²) in [6.07, 6.45) is 4.36. The lowest BCUT2D eigenvalue weighted by molar-refractivity contribution is 0.0932. The summed E-state index contributed by atoms with van der Waals surface area (Å²) in [4.78, 5) is 14.6. The number of carbonyl (C=O) groups is 1. The van der Waals surface area contributed by atoms with Crippen LogP contribution in [0.15, 0.2) is 45.3 Å². The molecule has 3 nitrogen and oxygen atoms in total. The average Bonchev–Trinajstić information content (AvgIpc) is 3.04. The second-order valence-electron chi connectivity index (χ2n) is 5.75. The fourth-order valence-electron chi connectivity index (χ4n) is 2.82. The van der Waals surface area contributed by atoms with Crippen LogP contribution >= 0.6 is 15.9 Å². The maximum absolute atomic E-state index is 12.3. The van der Waals surface area contributed by atoms with Crippen molar-refractivity contribution in [2.75, 3.05) is 19.6 Å². The van der Waals surface area contributed by atoms with Gasteiger partial charge in [-0.3, -0.25) is 4.79 Å². The average molecular weight is 362 g/mol. The molecule has 116 valence electrons. The highest BCUT2D eigenvalue weighted by atomic mass is 79.9. The summed E-state index contributed by atoms with van der Waals surface area (Å²) in [6, 6.07) is 11.6. The Morgan fingerprint density at radius 1 is 1.05 bits per heavy atom. The molecule has 1 fully saturated rings. The van der Waals surface area contributed by atoms with E-state index in [9.17, 15) is 4.79 Å². The van der Waals surface area contributed by atoms with Crippen LogP contribution < -0.4 is 0 Å². The van der Waals surface area contributed by atoms with E-state index in [1.807, 2.05) is 30.3 Å². The largest absolute Gasteiger partial charge is 0.453 e. The van der Waals surface area contributed by atoms with Crippen LogP contribution in [-0.2, 0) is 0 Å². The van der Waals surface area contributed by atoms with Crippen molar-refractivity contribution < 1.29 is 9.21 Å². The molecular formula is C18H20BrNO2. The smallest absolute Gasteiger partial charge is 0.199 e. The van der Waals surface area contributed by atoms with Gasteiger partial charge in [-0.15, -0.1) is 0 Å². The standard InChI is InChI=1S/C18H20BrNO2/c19-15-6-4-14(5-7-15)17-8-9-18(22-17)16(21)10-13-20-11-2-1-3-12-20/h4-9H,1-3,10-13H2. The van der Waals surface area contributed by atoms with Crippen LogP contribution in [0.5, 0.6) is 0 Å². The van der Waals surface area contributed by atoms with E-state index in [1.165, 1.54) is 19.3 Å². The molecule has 1 aromatic heterocycles. The van der Waals surface area contributed by atoms with E-state index in [0.717, 1.165) is 35.4 Å². The molecule has 0 spiro atoms. The van der Waals surface area contributed by atoms with Gasteiger partial charge in [0.2, 0.25) is 0 Å². The van der Waals surface area contributed by atoms with Crippen LogP contribution in [0.4, 0.5) is 0 Å². The molecule has 1 aromatic carbocycles. The van der Waals surface area contributed by atoms with Gasteiger partial charge in [-0.2, -0.15) is 0 Å². The molecule has 4 heteroatoms. The van der Waals surface area contributed by atoms with Crippen molar-refractivity contribution in [3.05, 3.63) is 46.6 Å². The summed E-state index contributed by atoms with van der Waals surface area (Å²) >= 11 is 3.42. The van der Waals surface area contributed by atoms with Gasteiger partial charge in [0, 0.05) is 23.0 Å². The van der Waals surface area contributed by atoms with Gasteiger partial charge in [-0.25, -0.2) is 0 Å². The normalized spacial score (nSPS) is 15.9. The van der Waals surface area contributed by atoms with Crippen molar-refractivity contribution in [3.63, 3.8) is 0 Å². The zero-order valence-corrected chi connectivity index (χ0v) is 14.1. The fraction of sp³-hybridized carbons (Fsp3) is 0.389. The van der Waals surface area contributed by atoms with Gasteiger partial charge in [-0.05, 0) is 50.2 Å². The van der Waals surface area contributed by atoms with E-state index in [4.69, 9.17) is 4.42 Å². The van der Waals surface area contributed by atoms with Gasteiger partial charge >= 0.3 is 0 Å². The number of likely N-dealkylation sites (tertiary alicyclic amines) is 1. The van der Waals surface area contributed by atoms with Crippen LogP contribution in [0.2, 0.25) is 0 Å². The Kier molecular flexibility index (Phi) is 5.11. The molecule has 0 atom stereocenters. The first-order valence-corrected chi connectivity index (χ1v) is 8.63. The van der Waals surface area contributed by atoms with Crippen molar-refractivity contribution in [1.82, 2.24) is 4.90 Å². The number of ketones is 1. The van der Waals surface area contributed by atoms with Gasteiger partial charge in [-0.1, -0.05) is 34.5 Å². The lowest BCUT2D eigenvalue weighted by atomic mass is 10.1. The number of hydrogen-bond acceptors (Lipinski definition) is 3. The minimum atomic E-state index is 0.0916. The Hall–Kier alpha value is -1.39. The first kappa shape index (κ1) is 15.5. The second-order valence-corrected chi connectivity index (χ2v) is 6.66. The number of carbonyl (C=O) groups excluding carboxylic acids is 1. The van der Waals surface area contributed by atoms with Crippen LogP contribution in [0.25, 0.3) is 11.3 Å². The van der Waals surface area contributed by atoms with Crippen LogP contribution in [-0.4, -0.2) is 30.3 Å². The number of Topliss-reactive ketones (excluding diaryl/α,β-unsaturated/α-hetero) is 1. The zero-order valence-electron chi connectivity index (χ0n) is 12.6. The van der Waals surface area contributed by atoms with Gasteiger partial charge < -0.3 is 9.32 Å². The molecule has 0 aliphatic carbocycles. The SMILES string of the molecule is O=C(CCN1CCCCC1)c1ccc(-c2ccc(Br)cc2)o1. The van der Waals surface area contributed by atoms with Gasteiger partial charge in [0.05, 0.1) is 0 Å². The van der Waals surface area contributed by atoms with Crippen LogP contribution in [0.3, 0.4) is 0 Å². The summed E-state index contributed by atoms with van der Waals surface area (Å²) < 4.78 is 6.76. The molecule has 1 saturated heterocycles. The van der Waals surface area contributed by atoms with Crippen molar-refractivity contribution in [2.24, 2.45) is 0 Å². The maximum atomic E-state index is 12.3.